The Morgan fingerprint density at radius 3 is 2.78 bits per heavy atom. The highest BCUT2D eigenvalue weighted by molar-refractivity contribution is 9.10. The molecule has 1 aromatic carbocycles. The van der Waals surface area contributed by atoms with Gasteiger partial charge in [-0.15, -0.1) is 0 Å². The van der Waals surface area contributed by atoms with Gasteiger partial charge in [0.1, 0.15) is 0 Å². The highest BCUT2D eigenvalue weighted by atomic mass is 79.9. The summed E-state index contributed by atoms with van der Waals surface area (Å²) in [7, 11) is 0. The summed E-state index contributed by atoms with van der Waals surface area (Å²) < 4.78 is 0.739. The maximum Gasteiger partial charge on any atom is 0.0992 e. The van der Waals surface area contributed by atoms with E-state index in [1.165, 1.54) is 0 Å². The van der Waals surface area contributed by atoms with Crippen LogP contribution in [-0.2, 0) is 0 Å². The van der Waals surface area contributed by atoms with Gasteiger partial charge in [0.05, 0.1) is 44.4 Å². The lowest BCUT2D eigenvalue weighted by Crippen LogP contribution is -1.98. The summed E-state index contributed by atoms with van der Waals surface area (Å²) in [5.74, 6) is 0. The second-order valence-corrected chi connectivity index (χ2v) is 4.78. The summed E-state index contributed by atoms with van der Waals surface area (Å²) in [6.07, 6.45) is 3.18. The Hall–Kier alpha value is -1.77. The highest BCUT2D eigenvalue weighted by Crippen LogP contribution is 2.33. The molecule has 18 heavy (non-hydrogen) atoms. The van der Waals surface area contributed by atoms with Crippen LogP contribution in [0, 0.1) is 11.3 Å². The van der Waals surface area contributed by atoms with Crippen LogP contribution in [0.15, 0.2) is 35.1 Å². The first-order chi connectivity index (χ1) is 8.61. The van der Waals surface area contributed by atoms with E-state index in [-0.39, 0.29) is 0 Å². The molecule has 0 spiro atoms. The first-order valence-electron chi connectivity index (χ1n) is 4.97. The number of anilines is 3. The number of pyridine rings is 1. The summed E-state index contributed by atoms with van der Waals surface area (Å²) in [5.41, 5.74) is 8.20. The Kier molecular flexibility index (Phi) is 3.70. The van der Waals surface area contributed by atoms with E-state index < -0.39 is 0 Å². The van der Waals surface area contributed by atoms with Crippen LogP contribution in [0.5, 0.6) is 0 Å². The van der Waals surface area contributed by atoms with Crippen LogP contribution < -0.4 is 11.1 Å². The number of nitriles is 1. The van der Waals surface area contributed by atoms with Crippen LogP contribution in [0.1, 0.15) is 5.56 Å². The highest BCUT2D eigenvalue weighted by Gasteiger charge is 2.08. The molecule has 0 aliphatic rings. The largest absolute Gasteiger partial charge is 0.396 e. The second-order valence-electron chi connectivity index (χ2n) is 3.52. The molecule has 0 aliphatic carbocycles. The lowest BCUT2D eigenvalue weighted by molar-refractivity contribution is 1.31. The molecule has 6 heteroatoms. The Labute approximate surface area is 118 Å². The average molecular weight is 324 g/mol. The molecule has 0 saturated carbocycles. The van der Waals surface area contributed by atoms with Gasteiger partial charge in [-0.1, -0.05) is 11.6 Å². The number of hydrogen-bond donors (Lipinski definition) is 2. The van der Waals surface area contributed by atoms with E-state index >= 15 is 0 Å². The van der Waals surface area contributed by atoms with Gasteiger partial charge in [-0.05, 0) is 34.1 Å². The van der Waals surface area contributed by atoms with Crippen LogP contribution in [0.4, 0.5) is 17.1 Å². The lowest BCUT2D eigenvalue weighted by Gasteiger charge is -2.12. The molecule has 0 atom stereocenters. The molecule has 2 rings (SSSR count). The summed E-state index contributed by atoms with van der Waals surface area (Å²) in [6, 6.07) is 7.03. The van der Waals surface area contributed by atoms with E-state index in [1.807, 2.05) is 6.07 Å². The topological polar surface area (TPSA) is 74.7 Å². The number of rotatable bonds is 2. The summed E-state index contributed by atoms with van der Waals surface area (Å²) in [5, 5.41) is 12.3. The Morgan fingerprint density at radius 1 is 1.39 bits per heavy atom. The molecule has 0 fully saturated rings. The van der Waals surface area contributed by atoms with Crippen molar-refractivity contribution in [2.75, 3.05) is 11.1 Å². The molecule has 1 aromatic heterocycles. The van der Waals surface area contributed by atoms with Crippen molar-refractivity contribution >= 4 is 44.6 Å². The lowest BCUT2D eigenvalue weighted by atomic mass is 10.2. The van der Waals surface area contributed by atoms with Crippen molar-refractivity contribution < 1.29 is 0 Å². The van der Waals surface area contributed by atoms with Crippen molar-refractivity contribution in [3.05, 3.63) is 45.7 Å². The number of benzene rings is 1. The third-order valence-corrected chi connectivity index (χ3v) is 3.20. The first kappa shape index (κ1) is 12.7. The van der Waals surface area contributed by atoms with Crippen LogP contribution in [0.3, 0.4) is 0 Å². The number of nitrogens with zero attached hydrogens (tertiary/aromatic N) is 2. The average Bonchev–Trinajstić information content (AvgIpc) is 2.35. The van der Waals surface area contributed by atoms with Gasteiger partial charge in [0.2, 0.25) is 0 Å². The molecule has 0 unspecified atom stereocenters. The van der Waals surface area contributed by atoms with E-state index in [4.69, 9.17) is 22.6 Å². The monoisotopic (exact) mass is 322 g/mol. The normalized spacial score (nSPS) is 9.83. The molecule has 1 heterocycles. The minimum Gasteiger partial charge on any atom is -0.396 e. The summed E-state index contributed by atoms with van der Waals surface area (Å²) >= 11 is 9.43. The predicted octanol–water partition coefficient (Wildman–Crippen LogP) is 3.69. The zero-order valence-electron chi connectivity index (χ0n) is 9.11. The van der Waals surface area contributed by atoms with Crippen molar-refractivity contribution in [3.8, 4) is 6.07 Å². The smallest absolute Gasteiger partial charge is 0.0992 e. The van der Waals surface area contributed by atoms with E-state index in [2.05, 4.69) is 26.2 Å². The number of hydrogen-bond acceptors (Lipinski definition) is 4. The molecule has 0 radical (unpaired) electrons. The molecule has 2 aromatic rings. The van der Waals surface area contributed by atoms with Gasteiger partial charge in [0, 0.05) is 6.20 Å². The van der Waals surface area contributed by atoms with Crippen LogP contribution >= 0.6 is 27.5 Å². The number of halogens is 2. The number of nitrogens with one attached hydrogen (secondary N) is 1. The minimum atomic E-state index is 0.456. The van der Waals surface area contributed by atoms with Crippen LogP contribution in [-0.4, -0.2) is 4.98 Å². The first-order valence-corrected chi connectivity index (χ1v) is 6.14. The van der Waals surface area contributed by atoms with Crippen molar-refractivity contribution in [2.24, 2.45) is 0 Å². The van der Waals surface area contributed by atoms with Gasteiger partial charge in [-0.25, -0.2) is 0 Å². The van der Waals surface area contributed by atoms with E-state index in [9.17, 15) is 0 Å². The second kappa shape index (κ2) is 5.25. The molecule has 0 bridgehead atoms. The fourth-order valence-electron chi connectivity index (χ4n) is 1.40. The van der Waals surface area contributed by atoms with Crippen molar-refractivity contribution in [1.29, 1.82) is 5.26 Å². The van der Waals surface area contributed by atoms with Gasteiger partial charge in [-0.3, -0.25) is 4.98 Å². The van der Waals surface area contributed by atoms with E-state index in [0.717, 1.165) is 4.47 Å². The Morgan fingerprint density at radius 2 is 2.17 bits per heavy atom. The zero-order chi connectivity index (χ0) is 13.1. The summed E-state index contributed by atoms with van der Waals surface area (Å²) in [4.78, 5) is 3.95. The fourth-order valence-corrected chi connectivity index (χ4v) is 2.08. The van der Waals surface area contributed by atoms with Gasteiger partial charge in [0.25, 0.3) is 0 Å². The quantitative estimate of drug-likeness (QED) is 0.883. The number of nitrogens with two attached hydrogens (primary N) is 1. The molecular weight excluding hydrogens is 316 g/mol. The van der Waals surface area contributed by atoms with Crippen LogP contribution in [0.25, 0.3) is 0 Å². The maximum atomic E-state index is 8.77. The van der Waals surface area contributed by atoms with E-state index in [1.54, 1.807) is 30.6 Å². The molecule has 3 N–H and O–H groups in total. The number of nitrogen functional groups attached to an aromatic ring is 1. The van der Waals surface area contributed by atoms with Crippen LogP contribution in [0.2, 0.25) is 5.02 Å². The van der Waals surface area contributed by atoms with Gasteiger partial charge in [-0.2, -0.15) is 5.26 Å². The molecule has 90 valence electrons. The fraction of sp³-hybridized carbons (Fsp3) is 0. The van der Waals surface area contributed by atoms with Gasteiger partial charge in [0.15, 0.2) is 0 Å². The molecule has 0 aliphatic heterocycles. The SMILES string of the molecule is N#Cc1ccc(Nc2c(N)cncc2Br)c(Cl)c1. The zero-order valence-corrected chi connectivity index (χ0v) is 11.5. The third kappa shape index (κ3) is 2.55. The predicted molar refractivity (Wildman–Crippen MR) is 75.8 cm³/mol. The van der Waals surface area contributed by atoms with Crippen molar-refractivity contribution in [2.45, 2.75) is 0 Å². The standard InChI is InChI=1S/C12H8BrClN4/c13-8-5-17-6-10(16)12(8)18-11-2-1-7(4-15)3-9(11)14/h1-3,5-6H,16H2,(H,17,18). The van der Waals surface area contributed by atoms with E-state index in [0.29, 0.717) is 27.6 Å². The van der Waals surface area contributed by atoms with Crippen molar-refractivity contribution in [3.63, 3.8) is 0 Å². The third-order valence-electron chi connectivity index (χ3n) is 2.29. The summed E-state index contributed by atoms with van der Waals surface area (Å²) in [6.45, 7) is 0. The molecule has 0 amide bonds. The minimum absolute atomic E-state index is 0.456. The molecule has 4 nitrogen and oxygen atoms in total. The Bertz CT molecular complexity index is 616. The maximum absolute atomic E-state index is 8.77. The molecular formula is C12H8BrClN4. The van der Waals surface area contributed by atoms with Crippen molar-refractivity contribution in [1.82, 2.24) is 4.98 Å². The Balaban J connectivity index is 2.38. The number of aromatic nitrogens is 1. The van der Waals surface area contributed by atoms with Gasteiger partial charge < -0.3 is 11.1 Å². The van der Waals surface area contributed by atoms with Gasteiger partial charge >= 0.3 is 0 Å². The molecule has 0 saturated heterocycles.